The molecule has 0 bridgehead atoms. The van der Waals surface area contributed by atoms with Crippen LogP contribution in [0.15, 0.2) is 64.8 Å². The molecule has 14 nitrogen and oxygen atoms in total. The van der Waals surface area contributed by atoms with Crippen molar-refractivity contribution in [2.75, 3.05) is 13.7 Å². The summed E-state index contributed by atoms with van der Waals surface area (Å²) in [6, 6.07) is 10.3. The second-order valence-electron chi connectivity index (χ2n) is 7.60. The van der Waals surface area contributed by atoms with Gasteiger partial charge in [0.2, 0.25) is 0 Å². The molecule has 14 heteroatoms. The van der Waals surface area contributed by atoms with E-state index in [-0.39, 0.29) is 59.4 Å². The molecule has 0 N–H and O–H groups in total. The summed E-state index contributed by atoms with van der Waals surface area (Å²) in [5.74, 6) is -0.894. The number of hydrogen-bond acceptors (Lipinski definition) is 11. The molecule has 196 valence electrons. The molecular weight excluding hydrogens is 502 g/mol. The van der Waals surface area contributed by atoms with Gasteiger partial charge in [-0.05, 0) is 36.2 Å². The number of esters is 1. The zero-order chi connectivity index (χ0) is 27.8. The Kier molecular flexibility index (Phi) is 8.67. The molecule has 0 aromatic heterocycles. The minimum absolute atomic E-state index is 0.0399. The molecule has 0 spiro atoms. The van der Waals surface area contributed by atoms with Crippen molar-refractivity contribution in [1.82, 2.24) is 4.90 Å². The number of carbonyl (C=O) groups excluding carboxylic acids is 2. The Labute approximate surface area is 215 Å². The fourth-order valence-electron chi connectivity index (χ4n) is 3.60. The fourth-order valence-corrected chi connectivity index (χ4v) is 3.60. The number of nitriles is 1. The van der Waals surface area contributed by atoms with Crippen molar-refractivity contribution in [2.24, 2.45) is 4.99 Å². The number of rotatable bonds is 8. The minimum Gasteiger partial charge on any atom is -0.468 e. The summed E-state index contributed by atoms with van der Waals surface area (Å²) in [6.45, 7) is 1.50. The van der Waals surface area contributed by atoms with Gasteiger partial charge in [-0.1, -0.05) is 6.92 Å². The summed E-state index contributed by atoms with van der Waals surface area (Å²) in [5.41, 5.74) is 0.0119. The summed E-state index contributed by atoms with van der Waals surface area (Å²) >= 11 is 0. The van der Waals surface area contributed by atoms with E-state index in [9.17, 15) is 29.8 Å². The highest BCUT2D eigenvalue weighted by Gasteiger charge is 2.42. The van der Waals surface area contributed by atoms with E-state index in [1.165, 1.54) is 43.5 Å². The molecule has 1 heterocycles. The molecule has 0 unspecified atom stereocenters. The Morgan fingerprint density at radius 1 is 1.05 bits per heavy atom. The predicted molar refractivity (Wildman–Crippen MR) is 130 cm³/mol. The first kappa shape index (κ1) is 27.3. The molecule has 1 aliphatic heterocycles. The van der Waals surface area contributed by atoms with E-state index in [4.69, 9.17) is 19.5 Å². The Morgan fingerprint density at radius 2 is 1.63 bits per heavy atom. The molecule has 1 atom stereocenters. The Hall–Kier alpha value is -5.32. The second kappa shape index (κ2) is 12.1. The average Bonchev–Trinajstić information content (AvgIpc) is 2.92. The standard InChI is InChI=1S/C24H21N5O9/c1-3-19-20(22(30)37-14-4-13-25)21(15-5-7-16(8-6-15)28(32)33)27(23(26-19)36-2)24(31)38-18-11-9-17(10-12-18)29(34)35/h5-12,21H,3-4,14H2,1-2H3/t21-/m1/s1. The van der Waals surface area contributed by atoms with Crippen LogP contribution in [-0.2, 0) is 14.3 Å². The van der Waals surface area contributed by atoms with Crippen molar-refractivity contribution in [1.29, 1.82) is 5.26 Å². The first-order chi connectivity index (χ1) is 18.2. The first-order valence-electron chi connectivity index (χ1n) is 11.1. The van der Waals surface area contributed by atoms with Gasteiger partial charge in [-0.3, -0.25) is 20.2 Å². The van der Waals surface area contributed by atoms with Crippen molar-refractivity contribution < 1.29 is 33.6 Å². The first-order valence-corrected chi connectivity index (χ1v) is 11.1. The molecule has 2 aromatic carbocycles. The number of non-ortho nitro benzene ring substituents is 2. The number of ether oxygens (including phenoxy) is 3. The zero-order valence-electron chi connectivity index (χ0n) is 20.2. The van der Waals surface area contributed by atoms with Gasteiger partial charge in [0.1, 0.15) is 18.4 Å². The van der Waals surface area contributed by atoms with Crippen LogP contribution in [0, 0.1) is 31.6 Å². The highest BCUT2D eigenvalue weighted by atomic mass is 16.6. The molecule has 0 saturated carbocycles. The van der Waals surface area contributed by atoms with Gasteiger partial charge in [0.05, 0.1) is 40.7 Å². The van der Waals surface area contributed by atoms with Gasteiger partial charge >= 0.3 is 18.1 Å². The van der Waals surface area contributed by atoms with Crippen LogP contribution in [0.4, 0.5) is 16.2 Å². The van der Waals surface area contributed by atoms with Crippen molar-refractivity contribution in [3.8, 4) is 11.8 Å². The summed E-state index contributed by atoms with van der Waals surface area (Å²) in [5, 5.41) is 30.9. The molecule has 0 aliphatic carbocycles. The van der Waals surface area contributed by atoms with E-state index >= 15 is 0 Å². The molecule has 3 rings (SSSR count). The van der Waals surface area contributed by atoms with Gasteiger partial charge in [-0.25, -0.2) is 19.5 Å². The lowest BCUT2D eigenvalue weighted by atomic mass is 9.93. The summed E-state index contributed by atoms with van der Waals surface area (Å²) in [6.07, 6.45) is -0.897. The number of allylic oxidation sites excluding steroid dienone is 1. The van der Waals surface area contributed by atoms with Crippen LogP contribution in [-0.4, -0.2) is 46.5 Å². The van der Waals surface area contributed by atoms with Crippen LogP contribution in [0.5, 0.6) is 5.75 Å². The molecule has 2 aromatic rings. The third-order valence-electron chi connectivity index (χ3n) is 5.33. The number of amidine groups is 1. The third kappa shape index (κ3) is 5.90. The van der Waals surface area contributed by atoms with Gasteiger partial charge in [0.25, 0.3) is 11.4 Å². The number of benzene rings is 2. The number of amides is 1. The molecule has 1 aliphatic rings. The van der Waals surface area contributed by atoms with Crippen molar-refractivity contribution in [2.45, 2.75) is 25.8 Å². The fraction of sp³-hybridized carbons (Fsp3) is 0.250. The number of hydrogen-bond donors (Lipinski definition) is 0. The quantitative estimate of drug-likeness (QED) is 0.210. The van der Waals surface area contributed by atoms with Crippen LogP contribution >= 0.6 is 0 Å². The van der Waals surface area contributed by atoms with Gasteiger partial charge < -0.3 is 14.2 Å². The van der Waals surface area contributed by atoms with E-state index in [2.05, 4.69) is 4.99 Å². The predicted octanol–water partition coefficient (Wildman–Crippen LogP) is 4.18. The molecule has 0 fully saturated rings. The van der Waals surface area contributed by atoms with Crippen molar-refractivity contribution >= 4 is 29.5 Å². The zero-order valence-corrected chi connectivity index (χ0v) is 20.2. The number of carbonyl (C=O) groups is 2. The van der Waals surface area contributed by atoms with Gasteiger partial charge in [0, 0.05) is 24.3 Å². The topological polar surface area (TPSA) is 188 Å². The second-order valence-corrected chi connectivity index (χ2v) is 7.60. The normalized spacial score (nSPS) is 14.7. The van der Waals surface area contributed by atoms with E-state index in [1.54, 1.807) is 6.92 Å². The van der Waals surface area contributed by atoms with Gasteiger partial charge in [-0.15, -0.1) is 0 Å². The largest absolute Gasteiger partial charge is 0.468 e. The lowest BCUT2D eigenvalue weighted by Gasteiger charge is -2.35. The van der Waals surface area contributed by atoms with Gasteiger partial charge in [-0.2, -0.15) is 5.26 Å². The molecule has 38 heavy (non-hydrogen) atoms. The number of nitro groups is 2. The minimum atomic E-state index is -1.24. The monoisotopic (exact) mass is 523 g/mol. The van der Waals surface area contributed by atoms with E-state index in [0.717, 1.165) is 17.0 Å². The van der Waals surface area contributed by atoms with Crippen LogP contribution in [0.1, 0.15) is 31.4 Å². The highest BCUT2D eigenvalue weighted by molar-refractivity contribution is 6.00. The van der Waals surface area contributed by atoms with E-state index < -0.39 is 28.0 Å². The number of nitro benzene ring substituents is 2. The maximum absolute atomic E-state index is 13.4. The summed E-state index contributed by atoms with van der Waals surface area (Å²) in [7, 11) is 1.25. The molecule has 1 amide bonds. The molecular formula is C24H21N5O9. The summed E-state index contributed by atoms with van der Waals surface area (Å²) < 4.78 is 16.0. The molecule has 0 saturated heterocycles. The van der Waals surface area contributed by atoms with E-state index in [1.807, 2.05) is 6.07 Å². The SMILES string of the molecule is CCC1=C(C(=O)OCCC#N)[C@@H](c2ccc([N+](=O)[O-])cc2)N(C(=O)Oc2ccc([N+](=O)[O-])cc2)C(OC)=N1. The van der Waals surface area contributed by atoms with Crippen molar-refractivity contribution in [3.63, 3.8) is 0 Å². The van der Waals surface area contributed by atoms with Crippen LogP contribution in [0.3, 0.4) is 0 Å². The number of aliphatic imine (C=N–C) groups is 1. The Bertz CT molecular complexity index is 1340. The molecule has 0 radical (unpaired) electrons. The maximum Gasteiger partial charge on any atom is 0.424 e. The van der Waals surface area contributed by atoms with Crippen LogP contribution < -0.4 is 4.74 Å². The number of methoxy groups -OCH3 is 1. The maximum atomic E-state index is 13.4. The lowest BCUT2D eigenvalue weighted by molar-refractivity contribution is -0.385. The van der Waals surface area contributed by atoms with E-state index in [0.29, 0.717) is 0 Å². The smallest absolute Gasteiger partial charge is 0.424 e. The van der Waals surface area contributed by atoms with Gasteiger partial charge in [0.15, 0.2) is 0 Å². The Morgan fingerprint density at radius 3 is 2.13 bits per heavy atom. The Balaban J connectivity index is 2.10. The third-order valence-corrected chi connectivity index (χ3v) is 5.33. The van der Waals surface area contributed by atoms with Crippen LogP contribution in [0.25, 0.3) is 0 Å². The van der Waals surface area contributed by atoms with Crippen molar-refractivity contribution in [3.05, 3.63) is 85.6 Å². The van der Waals surface area contributed by atoms with Crippen LogP contribution in [0.2, 0.25) is 0 Å². The highest BCUT2D eigenvalue weighted by Crippen LogP contribution is 2.38. The summed E-state index contributed by atoms with van der Waals surface area (Å²) in [4.78, 5) is 52.7. The average molecular weight is 523 g/mol. The lowest BCUT2D eigenvalue weighted by Crippen LogP contribution is -2.46. The number of nitrogens with zero attached hydrogens (tertiary/aromatic N) is 5.